The van der Waals surface area contributed by atoms with Crippen molar-refractivity contribution in [1.29, 1.82) is 0 Å². The highest BCUT2D eigenvalue weighted by Gasteiger charge is 2.70. The minimum absolute atomic E-state index is 0.220. The van der Waals surface area contributed by atoms with Crippen LogP contribution in [0.2, 0.25) is 0 Å². The molecule has 3 aliphatic heterocycles. The molecular weight excluding hydrogens is 580 g/mol. The highest BCUT2D eigenvalue weighted by atomic mass is 79.9. The first-order chi connectivity index (χ1) is 19.9. The predicted molar refractivity (Wildman–Crippen MR) is 162 cm³/mol. The van der Waals surface area contributed by atoms with Crippen LogP contribution < -0.4 is 15.0 Å². The summed E-state index contributed by atoms with van der Waals surface area (Å²) in [6, 6.07) is 27.8. The average molecular weight is 605 g/mol. The van der Waals surface area contributed by atoms with Crippen LogP contribution in [0.25, 0.3) is 6.08 Å². The van der Waals surface area contributed by atoms with Crippen LogP contribution in [0.15, 0.2) is 108 Å². The molecule has 3 heterocycles. The maximum absolute atomic E-state index is 14.8. The molecule has 6 nitrogen and oxygen atoms in total. The number of hydrogen-bond acceptors (Lipinski definition) is 5. The lowest BCUT2D eigenvalue weighted by molar-refractivity contribution is -0.121. The maximum Gasteiger partial charge on any atom is 0.238 e. The van der Waals surface area contributed by atoms with Crippen molar-refractivity contribution in [2.45, 2.75) is 17.5 Å². The van der Waals surface area contributed by atoms with Gasteiger partial charge in [-0.1, -0.05) is 88.7 Å². The Kier molecular flexibility index (Phi) is 5.94. The van der Waals surface area contributed by atoms with E-state index in [2.05, 4.69) is 21.2 Å². The first-order valence-corrected chi connectivity index (χ1v) is 14.2. The normalized spacial score (nSPS) is 23.5. The summed E-state index contributed by atoms with van der Waals surface area (Å²) in [6.07, 6.45) is 3.97. The zero-order valence-corrected chi connectivity index (χ0v) is 23.7. The molecular formula is C34H25BrN2O4. The fourth-order valence-electron chi connectivity index (χ4n) is 6.86. The van der Waals surface area contributed by atoms with Crippen LogP contribution in [0.1, 0.15) is 31.8 Å². The Morgan fingerprint density at radius 3 is 2.44 bits per heavy atom. The highest BCUT2D eigenvalue weighted by Crippen LogP contribution is 2.58. The minimum atomic E-state index is -1.35. The quantitative estimate of drug-likeness (QED) is 0.270. The van der Waals surface area contributed by atoms with Crippen LogP contribution in [0.3, 0.4) is 0 Å². The van der Waals surface area contributed by atoms with Crippen LogP contribution in [-0.2, 0) is 10.2 Å². The Labute approximate surface area is 245 Å². The van der Waals surface area contributed by atoms with Gasteiger partial charge in [-0.2, -0.15) is 0 Å². The van der Waals surface area contributed by atoms with E-state index < -0.39 is 23.4 Å². The SMILES string of the molecule is COc1cccc(C(=O)[C@H]2[C@@H](C(=O)c3ccc(Br)cc3)N3c4ccccc4C=C[C@@H]3[C@]23C(=O)Nc2ccccc23)c1. The molecule has 0 unspecified atom stereocenters. The van der Waals surface area contributed by atoms with Gasteiger partial charge < -0.3 is 15.0 Å². The number of methoxy groups -OCH3 is 1. The Balaban J connectivity index is 1.53. The lowest BCUT2D eigenvalue weighted by Gasteiger charge is -2.37. The molecule has 4 atom stereocenters. The van der Waals surface area contributed by atoms with E-state index in [1.165, 1.54) is 0 Å². The van der Waals surface area contributed by atoms with Gasteiger partial charge in [-0.15, -0.1) is 0 Å². The summed E-state index contributed by atoms with van der Waals surface area (Å²) in [5, 5.41) is 3.06. The Bertz CT molecular complexity index is 1760. The van der Waals surface area contributed by atoms with E-state index in [1.807, 2.05) is 77.7 Å². The number of anilines is 2. The van der Waals surface area contributed by atoms with Crippen molar-refractivity contribution in [3.05, 3.63) is 130 Å². The lowest BCUT2D eigenvalue weighted by Crippen LogP contribution is -2.51. The number of amides is 1. The molecule has 202 valence electrons. The second-order valence-corrected chi connectivity index (χ2v) is 11.4. The molecule has 1 spiro atoms. The van der Waals surface area contributed by atoms with E-state index in [0.29, 0.717) is 22.6 Å². The van der Waals surface area contributed by atoms with Crippen molar-refractivity contribution in [3.63, 3.8) is 0 Å². The zero-order chi connectivity index (χ0) is 28.3. The zero-order valence-electron chi connectivity index (χ0n) is 22.1. The second kappa shape index (κ2) is 9.56. The van der Waals surface area contributed by atoms with Gasteiger partial charge in [-0.05, 0) is 47.5 Å². The number of ether oxygens (including phenoxy) is 1. The number of rotatable bonds is 5. The van der Waals surface area contributed by atoms with Gasteiger partial charge in [0.1, 0.15) is 17.2 Å². The molecule has 0 radical (unpaired) electrons. The Hall–Kier alpha value is -4.49. The average Bonchev–Trinajstić information content (AvgIpc) is 3.49. The van der Waals surface area contributed by atoms with Gasteiger partial charge in [0.05, 0.1) is 19.1 Å². The molecule has 1 saturated heterocycles. The number of ketones is 2. The van der Waals surface area contributed by atoms with Crippen LogP contribution in [0, 0.1) is 5.92 Å². The summed E-state index contributed by atoms with van der Waals surface area (Å²) in [5.74, 6) is -1.30. The van der Waals surface area contributed by atoms with E-state index in [4.69, 9.17) is 4.74 Å². The molecule has 1 fully saturated rings. The number of halogens is 1. The van der Waals surface area contributed by atoms with Crippen molar-refractivity contribution in [2.75, 3.05) is 17.3 Å². The summed E-state index contributed by atoms with van der Waals surface area (Å²) >= 11 is 3.46. The lowest BCUT2D eigenvalue weighted by atomic mass is 9.64. The third kappa shape index (κ3) is 3.65. The fraction of sp³-hybridized carbons (Fsp3) is 0.147. The maximum atomic E-state index is 14.8. The van der Waals surface area contributed by atoms with Crippen LogP contribution in [0.4, 0.5) is 11.4 Å². The molecule has 1 amide bonds. The first kappa shape index (κ1) is 25.5. The first-order valence-electron chi connectivity index (χ1n) is 13.4. The number of nitrogens with one attached hydrogen (secondary N) is 1. The largest absolute Gasteiger partial charge is 0.497 e. The molecule has 1 N–H and O–H groups in total. The third-order valence-corrected chi connectivity index (χ3v) is 9.10. The number of carbonyl (C=O) groups is 3. The van der Waals surface area contributed by atoms with Crippen LogP contribution in [-0.4, -0.2) is 36.7 Å². The molecule has 7 heteroatoms. The van der Waals surface area contributed by atoms with E-state index in [1.54, 1.807) is 43.5 Å². The smallest absolute Gasteiger partial charge is 0.238 e. The molecule has 4 aromatic rings. The van der Waals surface area contributed by atoms with E-state index in [-0.39, 0.29) is 17.5 Å². The summed E-state index contributed by atoms with van der Waals surface area (Å²) < 4.78 is 6.28. The number of para-hydroxylation sites is 2. The molecule has 0 aliphatic carbocycles. The van der Waals surface area contributed by atoms with Crippen LogP contribution >= 0.6 is 15.9 Å². The summed E-state index contributed by atoms with van der Waals surface area (Å²) in [6.45, 7) is 0. The molecule has 0 bridgehead atoms. The van der Waals surface area contributed by atoms with Crippen molar-refractivity contribution in [1.82, 2.24) is 0 Å². The van der Waals surface area contributed by atoms with Crippen molar-refractivity contribution in [3.8, 4) is 5.75 Å². The molecule has 3 aliphatic rings. The second-order valence-electron chi connectivity index (χ2n) is 10.5. The van der Waals surface area contributed by atoms with Gasteiger partial charge in [0.15, 0.2) is 11.6 Å². The van der Waals surface area contributed by atoms with Gasteiger partial charge in [-0.3, -0.25) is 14.4 Å². The number of Topliss-reactive ketones (excluding diaryl/α,β-unsaturated/α-hetero) is 2. The number of nitrogens with zero attached hydrogens (tertiary/aromatic N) is 1. The summed E-state index contributed by atoms with van der Waals surface area (Å²) in [4.78, 5) is 45.9. The van der Waals surface area contributed by atoms with Crippen molar-refractivity contribution in [2.24, 2.45) is 5.92 Å². The standard InChI is InChI=1S/C34H25BrN2O4/c1-41-24-9-6-8-22(19-24)31(38)29-30(32(39)21-13-16-23(35)17-14-21)37-27-12-5-2-7-20(27)15-18-28(37)34(29)25-10-3-4-11-26(25)36-33(34)40/h2-19,28-30H,1H3,(H,36,40)/t28-,29-,30+,34+/m1/s1. The van der Waals surface area contributed by atoms with Crippen molar-refractivity contribution < 1.29 is 19.1 Å². The van der Waals surface area contributed by atoms with E-state index in [0.717, 1.165) is 21.3 Å². The van der Waals surface area contributed by atoms with Gasteiger partial charge in [0, 0.05) is 27.0 Å². The molecule has 4 aromatic carbocycles. The number of carbonyl (C=O) groups excluding carboxylic acids is 3. The highest BCUT2D eigenvalue weighted by molar-refractivity contribution is 9.10. The number of benzene rings is 4. The summed E-state index contributed by atoms with van der Waals surface area (Å²) in [7, 11) is 1.54. The van der Waals surface area contributed by atoms with E-state index in [9.17, 15) is 14.4 Å². The van der Waals surface area contributed by atoms with Crippen molar-refractivity contribution >= 4 is 50.9 Å². The van der Waals surface area contributed by atoms with E-state index >= 15 is 0 Å². The van der Waals surface area contributed by atoms with Gasteiger partial charge in [-0.25, -0.2) is 0 Å². The molecule has 0 aromatic heterocycles. The topological polar surface area (TPSA) is 75.7 Å². The molecule has 41 heavy (non-hydrogen) atoms. The molecule has 7 rings (SSSR count). The van der Waals surface area contributed by atoms with Gasteiger partial charge in [0.2, 0.25) is 5.91 Å². The van der Waals surface area contributed by atoms with Gasteiger partial charge in [0.25, 0.3) is 0 Å². The predicted octanol–water partition coefficient (Wildman–Crippen LogP) is 6.31. The monoisotopic (exact) mass is 604 g/mol. The summed E-state index contributed by atoms with van der Waals surface area (Å²) in [5.41, 5.74) is 2.62. The fourth-order valence-corrected chi connectivity index (χ4v) is 7.12. The molecule has 0 saturated carbocycles. The number of fused-ring (bicyclic) bond motifs is 6. The number of hydrogen-bond donors (Lipinski definition) is 1. The Morgan fingerprint density at radius 1 is 0.878 bits per heavy atom. The minimum Gasteiger partial charge on any atom is -0.497 e. The Morgan fingerprint density at radius 2 is 1.63 bits per heavy atom. The van der Waals surface area contributed by atoms with Gasteiger partial charge >= 0.3 is 0 Å². The third-order valence-electron chi connectivity index (χ3n) is 8.58. The van der Waals surface area contributed by atoms with Crippen LogP contribution in [0.5, 0.6) is 5.75 Å².